The minimum atomic E-state index is -0.393. The van der Waals surface area contributed by atoms with Gasteiger partial charge in [0.1, 0.15) is 17.5 Å². The number of carbonyl (C=O) groups excluding carboxylic acids is 1. The summed E-state index contributed by atoms with van der Waals surface area (Å²) in [7, 11) is 0. The summed E-state index contributed by atoms with van der Waals surface area (Å²) in [6.07, 6.45) is 3.89. The van der Waals surface area contributed by atoms with E-state index in [1.807, 2.05) is 30.3 Å². The van der Waals surface area contributed by atoms with Crippen LogP contribution >= 0.6 is 0 Å². The van der Waals surface area contributed by atoms with Gasteiger partial charge >= 0.3 is 0 Å². The minimum absolute atomic E-state index is 0.0798. The summed E-state index contributed by atoms with van der Waals surface area (Å²) < 4.78 is 1.55. The first-order valence-electron chi connectivity index (χ1n) is 8.29. The Morgan fingerprint density at radius 3 is 2.63 bits per heavy atom. The number of nitriles is 1. The van der Waals surface area contributed by atoms with Crippen LogP contribution in [0.4, 0.5) is 11.6 Å². The van der Waals surface area contributed by atoms with Crippen LogP contribution in [0.1, 0.15) is 28.2 Å². The monoisotopic (exact) mass is 362 g/mol. The van der Waals surface area contributed by atoms with E-state index < -0.39 is 5.91 Å². The fourth-order valence-corrected chi connectivity index (χ4v) is 2.61. The first-order chi connectivity index (χ1) is 13.1. The van der Waals surface area contributed by atoms with Gasteiger partial charge in [-0.2, -0.15) is 10.4 Å². The lowest BCUT2D eigenvalue weighted by Crippen LogP contribution is -2.27. The van der Waals surface area contributed by atoms with Crippen LogP contribution in [-0.2, 0) is 6.42 Å². The Morgan fingerprint density at radius 1 is 1.19 bits per heavy atom. The molecule has 0 bridgehead atoms. The van der Waals surface area contributed by atoms with Gasteiger partial charge in [-0.25, -0.2) is 14.6 Å². The third-order valence-electron chi connectivity index (χ3n) is 3.92. The van der Waals surface area contributed by atoms with E-state index in [1.54, 1.807) is 4.68 Å². The van der Waals surface area contributed by atoms with Crippen molar-refractivity contribution in [3.8, 4) is 11.8 Å². The molecule has 136 valence electrons. The Hall–Kier alpha value is -3.93. The smallest absolute Gasteiger partial charge is 0.273 e. The molecular weight excluding hydrogens is 344 g/mol. The number of hydrogen-bond donors (Lipinski definition) is 3. The molecule has 3 rings (SSSR count). The zero-order valence-electron chi connectivity index (χ0n) is 14.5. The van der Waals surface area contributed by atoms with Gasteiger partial charge in [0.15, 0.2) is 11.5 Å². The van der Waals surface area contributed by atoms with Crippen molar-refractivity contribution in [2.45, 2.75) is 12.8 Å². The third kappa shape index (κ3) is 3.85. The lowest BCUT2D eigenvalue weighted by molar-refractivity contribution is 0.0949. The van der Waals surface area contributed by atoms with E-state index in [9.17, 15) is 10.1 Å². The Morgan fingerprint density at radius 2 is 1.93 bits per heavy atom. The summed E-state index contributed by atoms with van der Waals surface area (Å²) in [5.41, 5.74) is 13.5. The molecule has 0 saturated carbocycles. The Bertz CT molecular complexity index is 990. The third-order valence-corrected chi connectivity index (χ3v) is 3.92. The maximum Gasteiger partial charge on any atom is 0.273 e. The van der Waals surface area contributed by atoms with E-state index in [0.29, 0.717) is 36.5 Å². The number of aromatic nitrogens is 4. The molecular formula is C18H18N8O. The lowest BCUT2D eigenvalue weighted by atomic mass is 10.1. The Labute approximate surface area is 155 Å². The standard InChI is InChI=1S/C18H18N8O/c19-11-13-14(25-26(17(13)21)12-5-2-1-3-6-12)7-4-8-24-18(27)15-16(20)23-10-9-22-15/h1-3,5-6,9-10H,4,7-8,21H2,(H2,20,23)(H,24,27). The summed E-state index contributed by atoms with van der Waals surface area (Å²) in [4.78, 5) is 19.8. The molecule has 2 heterocycles. The zero-order valence-corrected chi connectivity index (χ0v) is 14.5. The van der Waals surface area contributed by atoms with Crippen LogP contribution < -0.4 is 16.8 Å². The van der Waals surface area contributed by atoms with Crippen molar-refractivity contribution in [1.29, 1.82) is 5.26 Å². The quantitative estimate of drug-likeness (QED) is 0.555. The van der Waals surface area contributed by atoms with Crippen molar-refractivity contribution in [3.05, 3.63) is 59.7 Å². The topological polar surface area (TPSA) is 149 Å². The molecule has 0 spiro atoms. The molecule has 0 fully saturated rings. The number of nitrogens with two attached hydrogens (primary N) is 2. The Kier molecular flexibility index (Phi) is 5.28. The van der Waals surface area contributed by atoms with E-state index in [-0.39, 0.29) is 11.5 Å². The van der Waals surface area contributed by atoms with E-state index >= 15 is 0 Å². The highest BCUT2D eigenvalue weighted by atomic mass is 16.1. The number of nitrogens with zero attached hydrogens (tertiary/aromatic N) is 5. The summed E-state index contributed by atoms with van der Waals surface area (Å²) in [5.74, 6) is -0.0124. The maximum atomic E-state index is 12.1. The average Bonchev–Trinajstić information content (AvgIpc) is 3.01. The minimum Gasteiger partial charge on any atom is -0.382 e. The fourth-order valence-electron chi connectivity index (χ4n) is 2.61. The van der Waals surface area contributed by atoms with Crippen molar-refractivity contribution in [3.63, 3.8) is 0 Å². The van der Waals surface area contributed by atoms with Crippen molar-refractivity contribution < 1.29 is 4.79 Å². The molecule has 0 aliphatic carbocycles. The number of aryl methyl sites for hydroxylation is 1. The van der Waals surface area contributed by atoms with E-state index in [0.717, 1.165) is 5.69 Å². The highest BCUT2D eigenvalue weighted by Crippen LogP contribution is 2.21. The highest BCUT2D eigenvalue weighted by molar-refractivity contribution is 5.96. The van der Waals surface area contributed by atoms with Crippen LogP contribution in [0.2, 0.25) is 0 Å². The second-order valence-electron chi connectivity index (χ2n) is 5.72. The Balaban J connectivity index is 1.64. The number of hydrogen-bond acceptors (Lipinski definition) is 7. The number of carbonyl (C=O) groups is 1. The van der Waals surface area contributed by atoms with Crippen LogP contribution in [0, 0.1) is 11.3 Å². The number of anilines is 2. The summed E-state index contributed by atoms with van der Waals surface area (Å²) >= 11 is 0. The van der Waals surface area contributed by atoms with Gasteiger partial charge in [-0.05, 0) is 25.0 Å². The van der Waals surface area contributed by atoms with Crippen LogP contribution in [0.15, 0.2) is 42.7 Å². The van der Waals surface area contributed by atoms with Gasteiger partial charge in [0.05, 0.1) is 11.4 Å². The molecule has 9 heteroatoms. The first-order valence-corrected chi connectivity index (χ1v) is 8.29. The maximum absolute atomic E-state index is 12.1. The number of nitrogen functional groups attached to an aromatic ring is 2. The van der Waals surface area contributed by atoms with E-state index in [2.05, 4.69) is 26.5 Å². The second-order valence-corrected chi connectivity index (χ2v) is 5.72. The SMILES string of the molecule is N#Cc1c(CCCNC(=O)c2nccnc2N)nn(-c2ccccc2)c1N. The number of nitrogens with one attached hydrogen (secondary N) is 1. The predicted octanol–water partition coefficient (Wildman–Crippen LogP) is 1.06. The average molecular weight is 362 g/mol. The van der Waals surface area contributed by atoms with Gasteiger partial charge in [0.25, 0.3) is 5.91 Å². The first kappa shape index (κ1) is 17.9. The number of rotatable bonds is 6. The second kappa shape index (κ2) is 7.97. The molecule has 0 atom stereocenters. The molecule has 0 unspecified atom stereocenters. The molecule has 0 aliphatic heterocycles. The van der Waals surface area contributed by atoms with E-state index in [4.69, 9.17) is 11.5 Å². The molecule has 0 aliphatic rings. The van der Waals surface area contributed by atoms with Crippen molar-refractivity contribution in [2.24, 2.45) is 0 Å². The van der Waals surface area contributed by atoms with Crippen molar-refractivity contribution in [2.75, 3.05) is 18.0 Å². The number of amides is 1. The van der Waals surface area contributed by atoms with Gasteiger partial charge in [-0.1, -0.05) is 18.2 Å². The zero-order chi connectivity index (χ0) is 19.2. The molecule has 1 amide bonds. The molecule has 3 aromatic rings. The van der Waals surface area contributed by atoms with Gasteiger partial charge in [0, 0.05) is 18.9 Å². The summed E-state index contributed by atoms with van der Waals surface area (Å²) in [5, 5.41) is 16.6. The van der Waals surface area contributed by atoms with Gasteiger partial charge in [0.2, 0.25) is 0 Å². The fraction of sp³-hybridized carbons (Fsp3) is 0.167. The molecule has 9 nitrogen and oxygen atoms in total. The molecule has 2 aromatic heterocycles. The summed E-state index contributed by atoms with van der Waals surface area (Å²) in [6.45, 7) is 0.373. The highest BCUT2D eigenvalue weighted by Gasteiger charge is 2.16. The van der Waals surface area contributed by atoms with Gasteiger partial charge in [-0.3, -0.25) is 4.79 Å². The van der Waals surface area contributed by atoms with Crippen molar-refractivity contribution >= 4 is 17.5 Å². The molecule has 1 aromatic carbocycles. The predicted molar refractivity (Wildman–Crippen MR) is 99.8 cm³/mol. The number of para-hydroxylation sites is 1. The molecule has 0 saturated heterocycles. The molecule has 27 heavy (non-hydrogen) atoms. The normalized spacial score (nSPS) is 10.3. The lowest BCUT2D eigenvalue weighted by Gasteiger charge is -2.05. The van der Waals surface area contributed by atoms with Gasteiger partial charge in [-0.15, -0.1) is 0 Å². The van der Waals surface area contributed by atoms with Crippen LogP contribution in [0.3, 0.4) is 0 Å². The van der Waals surface area contributed by atoms with Gasteiger partial charge < -0.3 is 16.8 Å². The van der Waals surface area contributed by atoms with E-state index in [1.165, 1.54) is 12.4 Å². The van der Waals surface area contributed by atoms with Crippen LogP contribution in [0.5, 0.6) is 0 Å². The number of benzene rings is 1. The summed E-state index contributed by atoms with van der Waals surface area (Å²) in [6, 6.07) is 11.5. The largest absolute Gasteiger partial charge is 0.382 e. The molecule has 5 N–H and O–H groups in total. The molecule has 0 radical (unpaired) electrons. The van der Waals surface area contributed by atoms with Crippen molar-refractivity contribution in [1.82, 2.24) is 25.1 Å². The van der Waals surface area contributed by atoms with Crippen LogP contribution in [-0.4, -0.2) is 32.2 Å². The van der Waals surface area contributed by atoms with Crippen LogP contribution in [0.25, 0.3) is 5.69 Å².